The molecule has 14 heavy (non-hydrogen) atoms. The Labute approximate surface area is 85.4 Å². The fourth-order valence-electron chi connectivity index (χ4n) is 2.57. The molecule has 1 aliphatic heterocycles. The number of ether oxygens (including phenoxy) is 1. The number of carbonyl (C=O) groups excluding carboxylic acids is 1. The fraction of sp³-hybridized carbons (Fsp3) is 0.909. The van der Waals surface area contributed by atoms with Gasteiger partial charge in [-0.25, -0.2) is 0 Å². The molecule has 1 amide bonds. The summed E-state index contributed by atoms with van der Waals surface area (Å²) in [6, 6.07) is 0. The van der Waals surface area contributed by atoms with Crippen LogP contribution in [0.4, 0.5) is 0 Å². The van der Waals surface area contributed by atoms with Crippen molar-refractivity contribution < 1.29 is 9.53 Å². The van der Waals surface area contributed by atoms with Crippen LogP contribution in [-0.2, 0) is 9.53 Å². The molecule has 2 aliphatic rings. The van der Waals surface area contributed by atoms with Gasteiger partial charge in [0.25, 0.3) is 0 Å². The summed E-state index contributed by atoms with van der Waals surface area (Å²) < 4.78 is 5.76. The van der Waals surface area contributed by atoms with Gasteiger partial charge >= 0.3 is 0 Å². The van der Waals surface area contributed by atoms with Gasteiger partial charge in [0.15, 0.2) is 0 Å². The van der Waals surface area contributed by atoms with E-state index in [1.165, 1.54) is 19.3 Å². The minimum absolute atomic E-state index is 0.0160. The molecule has 3 nitrogen and oxygen atoms in total. The van der Waals surface area contributed by atoms with Crippen molar-refractivity contribution in [2.75, 3.05) is 19.7 Å². The van der Waals surface area contributed by atoms with Crippen LogP contribution in [0, 0.1) is 0 Å². The molecule has 0 aromatic heterocycles. The Balaban J connectivity index is 2.03. The van der Waals surface area contributed by atoms with Crippen LogP contribution < -0.4 is 0 Å². The van der Waals surface area contributed by atoms with E-state index in [1.807, 2.05) is 11.8 Å². The van der Waals surface area contributed by atoms with Crippen LogP contribution in [0.1, 0.15) is 39.0 Å². The van der Waals surface area contributed by atoms with Gasteiger partial charge in [0, 0.05) is 13.1 Å². The van der Waals surface area contributed by atoms with E-state index in [-0.39, 0.29) is 11.5 Å². The van der Waals surface area contributed by atoms with Crippen LogP contribution in [0.2, 0.25) is 0 Å². The predicted molar refractivity (Wildman–Crippen MR) is 54.0 cm³/mol. The molecule has 1 saturated carbocycles. The van der Waals surface area contributed by atoms with E-state index in [9.17, 15) is 4.79 Å². The lowest BCUT2D eigenvalue weighted by atomic mass is 9.83. The van der Waals surface area contributed by atoms with Crippen LogP contribution >= 0.6 is 0 Å². The van der Waals surface area contributed by atoms with Gasteiger partial charge in [-0.3, -0.25) is 4.79 Å². The first-order chi connectivity index (χ1) is 6.76. The first-order valence-corrected chi connectivity index (χ1v) is 5.67. The average molecular weight is 197 g/mol. The summed E-state index contributed by atoms with van der Waals surface area (Å²) in [6.07, 6.45) is 6.11. The van der Waals surface area contributed by atoms with Gasteiger partial charge in [0.1, 0.15) is 6.61 Å². The number of hydrogen-bond donors (Lipinski definition) is 0. The summed E-state index contributed by atoms with van der Waals surface area (Å²) in [5.74, 6) is 0.156. The highest BCUT2D eigenvalue weighted by Crippen LogP contribution is 2.34. The van der Waals surface area contributed by atoms with Crippen LogP contribution in [0.15, 0.2) is 0 Å². The number of amides is 1. The van der Waals surface area contributed by atoms with E-state index < -0.39 is 0 Å². The van der Waals surface area contributed by atoms with Crippen LogP contribution in [0.25, 0.3) is 0 Å². The smallest absolute Gasteiger partial charge is 0.248 e. The van der Waals surface area contributed by atoms with Crippen molar-refractivity contribution in [3.63, 3.8) is 0 Å². The Morgan fingerprint density at radius 2 is 2.07 bits per heavy atom. The first-order valence-electron chi connectivity index (χ1n) is 5.67. The van der Waals surface area contributed by atoms with Gasteiger partial charge < -0.3 is 9.64 Å². The van der Waals surface area contributed by atoms with Crippen LogP contribution in [0.3, 0.4) is 0 Å². The lowest BCUT2D eigenvalue weighted by molar-refractivity contribution is -0.168. The molecule has 1 spiro atoms. The van der Waals surface area contributed by atoms with E-state index >= 15 is 0 Å². The Hall–Kier alpha value is -0.570. The van der Waals surface area contributed by atoms with Crippen molar-refractivity contribution in [1.29, 1.82) is 0 Å². The second-order valence-corrected chi connectivity index (χ2v) is 4.44. The molecule has 80 valence electrons. The lowest BCUT2D eigenvalue weighted by Gasteiger charge is -2.44. The zero-order chi connectivity index (χ0) is 10.0. The molecule has 2 rings (SSSR count). The molecule has 1 aliphatic carbocycles. The molecule has 0 aromatic rings. The number of likely N-dealkylation sites (N-methyl/N-ethyl adjacent to an activating group) is 1. The Kier molecular flexibility index (Phi) is 2.77. The second kappa shape index (κ2) is 3.89. The van der Waals surface area contributed by atoms with E-state index in [2.05, 4.69) is 0 Å². The Morgan fingerprint density at radius 3 is 2.71 bits per heavy atom. The molecular weight excluding hydrogens is 178 g/mol. The average Bonchev–Trinajstić information content (AvgIpc) is 2.23. The third-order valence-electron chi connectivity index (χ3n) is 3.48. The molecule has 1 heterocycles. The van der Waals surface area contributed by atoms with Gasteiger partial charge in [-0.05, 0) is 19.8 Å². The van der Waals surface area contributed by atoms with Crippen molar-refractivity contribution in [1.82, 2.24) is 4.90 Å². The maximum absolute atomic E-state index is 11.5. The topological polar surface area (TPSA) is 29.5 Å². The van der Waals surface area contributed by atoms with E-state index in [1.54, 1.807) is 0 Å². The number of carbonyl (C=O) groups is 1. The van der Waals surface area contributed by atoms with Crippen LogP contribution in [0.5, 0.6) is 0 Å². The zero-order valence-corrected chi connectivity index (χ0v) is 8.92. The highest BCUT2D eigenvalue weighted by molar-refractivity contribution is 5.78. The van der Waals surface area contributed by atoms with Crippen molar-refractivity contribution in [2.45, 2.75) is 44.6 Å². The molecule has 0 aromatic carbocycles. The third-order valence-corrected chi connectivity index (χ3v) is 3.48. The Bertz CT molecular complexity index is 221. The molecule has 0 bridgehead atoms. The monoisotopic (exact) mass is 197 g/mol. The molecule has 3 heteroatoms. The molecule has 0 unspecified atom stereocenters. The van der Waals surface area contributed by atoms with Crippen molar-refractivity contribution in [3.8, 4) is 0 Å². The highest BCUT2D eigenvalue weighted by atomic mass is 16.5. The van der Waals surface area contributed by atoms with E-state index in [4.69, 9.17) is 4.74 Å². The predicted octanol–water partition coefficient (Wildman–Crippen LogP) is 1.57. The van der Waals surface area contributed by atoms with Gasteiger partial charge in [-0.2, -0.15) is 0 Å². The molecule has 2 fully saturated rings. The fourth-order valence-corrected chi connectivity index (χ4v) is 2.57. The quantitative estimate of drug-likeness (QED) is 0.638. The van der Waals surface area contributed by atoms with Crippen molar-refractivity contribution in [2.24, 2.45) is 0 Å². The number of rotatable bonds is 1. The second-order valence-electron chi connectivity index (χ2n) is 4.44. The SMILES string of the molecule is CCN1CC2(CCCCC2)OCC1=O. The summed E-state index contributed by atoms with van der Waals surface area (Å²) in [5.41, 5.74) is 0.0160. The largest absolute Gasteiger partial charge is 0.363 e. The summed E-state index contributed by atoms with van der Waals surface area (Å²) in [6.45, 7) is 3.99. The number of nitrogens with zero attached hydrogens (tertiary/aromatic N) is 1. The zero-order valence-electron chi connectivity index (χ0n) is 8.92. The number of morpholine rings is 1. The van der Waals surface area contributed by atoms with Gasteiger partial charge in [0.2, 0.25) is 5.91 Å². The molecule has 0 atom stereocenters. The summed E-state index contributed by atoms with van der Waals surface area (Å²) in [7, 11) is 0. The normalized spacial score (nSPS) is 26.9. The first kappa shape index (κ1) is 9.97. The van der Waals surface area contributed by atoms with Gasteiger partial charge in [0.05, 0.1) is 5.60 Å². The highest BCUT2D eigenvalue weighted by Gasteiger charge is 2.39. The van der Waals surface area contributed by atoms with Crippen molar-refractivity contribution in [3.05, 3.63) is 0 Å². The maximum atomic E-state index is 11.5. The summed E-state index contributed by atoms with van der Waals surface area (Å²) in [4.78, 5) is 13.4. The summed E-state index contributed by atoms with van der Waals surface area (Å²) >= 11 is 0. The molecule has 1 saturated heterocycles. The summed E-state index contributed by atoms with van der Waals surface area (Å²) in [5, 5.41) is 0. The minimum Gasteiger partial charge on any atom is -0.363 e. The van der Waals surface area contributed by atoms with Crippen LogP contribution in [-0.4, -0.2) is 36.1 Å². The van der Waals surface area contributed by atoms with Gasteiger partial charge in [-0.15, -0.1) is 0 Å². The lowest BCUT2D eigenvalue weighted by Crippen LogP contribution is -2.55. The third kappa shape index (κ3) is 1.78. The molecular formula is C11H19NO2. The van der Waals surface area contributed by atoms with E-state index in [0.717, 1.165) is 25.9 Å². The maximum Gasteiger partial charge on any atom is 0.248 e. The van der Waals surface area contributed by atoms with Crippen molar-refractivity contribution >= 4 is 5.91 Å². The Morgan fingerprint density at radius 1 is 1.36 bits per heavy atom. The number of hydrogen-bond acceptors (Lipinski definition) is 2. The van der Waals surface area contributed by atoms with Gasteiger partial charge in [-0.1, -0.05) is 19.3 Å². The molecule has 0 N–H and O–H groups in total. The minimum atomic E-state index is 0.0160. The van der Waals surface area contributed by atoms with E-state index in [0.29, 0.717) is 6.61 Å². The molecule has 0 radical (unpaired) electrons. The standard InChI is InChI=1S/C11H19NO2/c1-2-12-9-11(14-8-10(12)13)6-4-3-5-7-11/h2-9H2,1H3.